The van der Waals surface area contributed by atoms with E-state index < -0.39 is 6.61 Å². The molecule has 2 aromatic rings. The third kappa shape index (κ3) is 3.61. The van der Waals surface area contributed by atoms with Crippen LogP contribution in [-0.4, -0.2) is 6.61 Å². The lowest BCUT2D eigenvalue weighted by molar-refractivity contribution is -0.0504. The highest BCUT2D eigenvalue weighted by Gasteiger charge is 2.09. The summed E-state index contributed by atoms with van der Waals surface area (Å²) >= 11 is 6.03. The summed E-state index contributed by atoms with van der Waals surface area (Å²) in [7, 11) is 0. The van der Waals surface area contributed by atoms with Gasteiger partial charge in [0.1, 0.15) is 5.75 Å². The molecule has 0 unspecified atom stereocenters. The van der Waals surface area contributed by atoms with Gasteiger partial charge in [0.15, 0.2) is 0 Å². The van der Waals surface area contributed by atoms with Crippen LogP contribution in [0.4, 0.5) is 14.5 Å². The Balaban J connectivity index is 2.13. The van der Waals surface area contributed by atoms with Gasteiger partial charge in [0.25, 0.3) is 0 Å². The number of alkyl halides is 2. The molecule has 1 N–H and O–H groups in total. The normalized spacial score (nSPS) is 10.7. The molecule has 0 fully saturated rings. The maximum atomic E-state index is 12.3. The van der Waals surface area contributed by atoms with Crippen molar-refractivity contribution in [3.05, 3.63) is 58.6 Å². The third-order valence-electron chi connectivity index (χ3n) is 2.93. The van der Waals surface area contributed by atoms with Gasteiger partial charge < -0.3 is 10.1 Å². The molecular formula is C15H14ClF2NO. The van der Waals surface area contributed by atoms with Crippen LogP contribution in [0.15, 0.2) is 42.5 Å². The molecule has 5 heteroatoms. The molecule has 0 bridgehead atoms. The van der Waals surface area contributed by atoms with E-state index in [0.717, 1.165) is 11.3 Å². The number of hydrogen-bond donors (Lipinski definition) is 1. The molecule has 2 aromatic carbocycles. The van der Waals surface area contributed by atoms with E-state index in [1.54, 1.807) is 24.3 Å². The molecule has 0 amide bonds. The second kappa shape index (κ2) is 6.57. The summed E-state index contributed by atoms with van der Waals surface area (Å²) in [6.45, 7) is -0.555. The van der Waals surface area contributed by atoms with Crippen LogP contribution in [-0.2, 0) is 6.54 Å². The van der Waals surface area contributed by atoms with Gasteiger partial charge in [0.2, 0.25) is 0 Å². The largest absolute Gasteiger partial charge is 0.434 e. The molecule has 0 atom stereocenters. The topological polar surface area (TPSA) is 21.3 Å². The van der Waals surface area contributed by atoms with Gasteiger partial charge in [0.05, 0.1) is 0 Å². The number of anilines is 1. The minimum absolute atomic E-state index is 0.176. The minimum atomic E-state index is -2.83. The van der Waals surface area contributed by atoms with E-state index >= 15 is 0 Å². The maximum Gasteiger partial charge on any atom is 0.387 e. The van der Waals surface area contributed by atoms with E-state index in [0.29, 0.717) is 17.1 Å². The zero-order valence-corrected chi connectivity index (χ0v) is 11.6. The Kier molecular flexibility index (Phi) is 4.79. The van der Waals surface area contributed by atoms with Crippen LogP contribution in [0.3, 0.4) is 0 Å². The summed E-state index contributed by atoms with van der Waals surface area (Å²) in [4.78, 5) is 0. The van der Waals surface area contributed by atoms with Crippen LogP contribution < -0.4 is 10.1 Å². The zero-order chi connectivity index (χ0) is 14.5. The van der Waals surface area contributed by atoms with E-state index in [9.17, 15) is 8.78 Å². The Hall–Kier alpha value is -1.81. The molecule has 0 spiro atoms. The number of ether oxygens (including phenoxy) is 1. The first-order chi connectivity index (χ1) is 9.58. The number of nitrogens with one attached hydrogen (secondary N) is 1. The second-order valence-electron chi connectivity index (χ2n) is 4.25. The molecule has 2 nitrogen and oxygen atoms in total. The van der Waals surface area contributed by atoms with Crippen molar-refractivity contribution >= 4 is 17.3 Å². The summed E-state index contributed by atoms with van der Waals surface area (Å²) in [5.74, 6) is 0.176. The highest BCUT2D eigenvalue weighted by molar-refractivity contribution is 6.31. The Labute approximate surface area is 121 Å². The van der Waals surface area contributed by atoms with Gasteiger partial charge in [-0.25, -0.2) is 0 Å². The average molecular weight is 298 g/mol. The maximum absolute atomic E-state index is 12.3. The first-order valence-corrected chi connectivity index (χ1v) is 6.47. The van der Waals surface area contributed by atoms with E-state index in [1.165, 1.54) is 6.07 Å². The van der Waals surface area contributed by atoms with Gasteiger partial charge in [-0.2, -0.15) is 8.78 Å². The van der Waals surface area contributed by atoms with E-state index in [-0.39, 0.29) is 5.75 Å². The van der Waals surface area contributed by atoms with Gasteiger partial charge in [-0.1, -0.05) is 35.9 Å². The predicted octanol–water partition coefficient (Wildman–Crippen LogP) is 4.86. The Morgan fingerprint density at radius 2 is 1.90 bits per heavy atom. The number of benzene rings is 2. The summed E-state index contributed by atoms with van der Waals surface area (Å²) in [5.41, 5.74) is 2.44. The highest BCUT2D eigenvalue weighted by atomic mass is 35.5. The summed E-state index contributed by atoms with van der Waals surface area (Å²) in [6.07, 6.45) is 0. The number of para-hydroxylation sites is 1. The molecule has 0 aliphatic carbocycles. The fourth-order valence-corrected chi connectivity index (χ4v) is 2.02. The van der Waals surface area contributed by atoms with Crippen LogP contribution >= 0.6 is 11.6 Å². The van der Waals surface area contributed by atoms with Crippen LogP contribution in [0.5, 0.6) is 5.75 Å². The average Bonchev–Trinajstić information content (AvgIpc) is 2.41. The van der Waals surface area contributed by atoms with Crippen LogP contribution in [0.25, 0.3) is 0 Å². The standard InChI is InChI=1S/C15H14ClF2NO/c1-10-12(16)6-4-7-13(10)19-9-11-5-2-3-8-14(11)20-15(17)18/h2-8,15,19H,9H2,1H3. The van der Waals surface area contributed by atoms with Crippen molar-refractivity contribution in [1.82, 2.24) is 0 Å². The molecule has 0 saturated heterocycles. The van der Waals surface area contributed by atoms with Crippen molar-refractivity contribution in [2.75, 3.05) is 5.32 Å². The summed E-state index contributed by atoms with van der Waals surface area (Å²) in [5, 5.41) is 3.83. The molecule has 0 aliphatic rings. The Morgan fingerprint density at radius 1 is 1.15 bits per heavy atom. The lowest BCUT2D eigenvalue weighted by atomic mass is 10.1. The quantitative estimate of drug-likeness (QED) is 0.851. The van der Waals surface area contributed by atoms with Gasteiger partial charge in [-0.05, 0) is 30.7 Å². The molecule has 0 saturated carbocycles. The molecule has 0 aliphatic heterocycles. The molecule has 0 heterocycles. The van der Waals surface area contributed by atoms with Crippen molar-refractivity contribution in [1.29, 1.82) is 0 Å². The zero-order valence-electron chi connectivity index (χ0n) is 10.9. The van der Waals surface area contributed by atoms with Gasteiger partial charge >= 0.3 is 6.61 Å². The van der Waals surface area contributed by atoms with Gasteiger partial charge in [-0.15, -0.1) is 0 Å². The monoisotopic (exact) mass is 297 g/mol. The van der Waals surface area contributed by atoms with Crippen LogP contribution in [0.2, 0.25) is 5.02 Å². The SMILES string of the molecule is Cc1c(Cl)cccc1NCc1ccccc1OC(F)F. The van der Waals surface area contributed by atoms with Crippen molar-refractivity contribution < 1.29 is 13.5 Å². The number of rotatable bonds is 5. The summed E-state index contributed by atoms with van der Waals surface area (Å²) in [6, 6.07) is 12.2. The Bertz CT molecular complexity index is 590. The number of hydrogen-bond acceptors (Lipinski definition) is 2. The smallest absolute Gasteiger partial charge is 0.387 e. The van der Waals surface area contributed by atoms with Gasteiger partial charge in [-0.3, -0.25) is 0 Å². The third-order valence-corrected chi connectivity index (χ3v) is 3.34. The molecule has 0 radical (unpaired) electrons. The van der Waals surface area contributed by atoms with E-state index in [4.69, 9.17) is 11.6 Å². The fraction of sp³-hybridized carbons (Fsp3) is 0.200. The molecular weight excluding hydrogens is 284 g/mol. The van der Waals surface area contributed by atoms with Crippen LogP contribution in [0.1, 0.15) is 11.1 Å². The summed E-state index contributed by atoms with van der Waals surface area (Å²) < 4.78 is 29.1. The van der Waals surface area contributed by atoms with Crippen LogP contribution in [0, 0.1) is 6.92 Å². The highest BCUT2D eigenvalue weighted by Crippen LogP contribution is 2.25. The predicted molar refractivity (Wildman–Crippen MR) is 76.6 cm³/mol. The molecule has 20 heavy (non-hydrogen) atoms. The fourth-order valence-electron chi connectivity index (χ4n) is 1.85. The molecule has 106 valence electrons. The van der Waals surface area contributed by atoms with Crippen molar-refractivity contribution in [2.24, 2.45) is 0 Å². The lowest BCUT2D eigenvalue weighted by Gasteiger charge is -2.13. The Morgan fingerprint density at radius 3 is 2.65 bits per heavy atom. The van der Waals surface area contributed by atoms with Crippen molar-refractivity contribution in [2.45, 2.75) is 20.1 Å². The van der Waals surface area contributed by atoms with Gasteiger partial charge in [0, 0.05) is 22.8 Å². The minimum Gasteiger partial charge on any atom is -0.434 e. The first-order valence-electron chi connectivity index (χ1n) is 6.09. The number of halogens is 3. The van der Waals surface area contributed by atoms with E-state index in [1.807, 2.05) is 19.1 Å². The van der Waals surface area contributed by atoms with Crippen molar-refractivity contribution in [3.8, 4) is 5.75 Å². The lowest BCUT2D eigenvalue weighted by Crippen LogP contribution is -2.07. The first kappa shape index (κ1) is 14.6. The van der Waals surface area contributed by atoms with E-state index in [2.05, 4.69) is 10.1 Å². The molecule has 2 rings (SSSR count). The second-order valence-corrected chi connectivity index (χ2v) is 4.66. The molecule has 0 aromatic heterocycles. The van der Waals surface area contributed by atoms with Crippen molar-refractivity contribution in [3.63, 3.8) is 0 Å².